The molecule has 0 unspecified atom stereocenters. The second-order valence-corrected chi connectivity index (χ2v) is 5.18. The predicted octanol–water partition coefficient (Wildman–Crippen LogP) is 4.14. The number of ether oxygens (including phenoxy) is 1. The Labute approximate surface area is 123 Å². The molecule has 19 heavy (non-hydrogen) atoms. The molecule has 2 rings (SSSR count). The van der Waals surface area contributed by atoms with Crippen LogP contribution in [0, 0.1) is 12.7 Å². The van der Waals surface area contributed by atoms with Gasteiger partial charge in [0.05, 0.1) is 15.2 Å². The van der Waals surface area contributed by atoms with Crippen molar-refractivity contribution in [2.24, 2.45) is 0 Å². The highest BCUT2D eigenvalue weighted by molar-refractivity contribution is 9.10. The molecular weight excluding hydrogens is 337 g/mol. The fourth-order valence-electron chi connectivity index (χ4n) is 1.58. The molecule has 1 aromatic carbocycles. The first-order valence-corrected chi connectivity index (χ1v) is 6.76. The Morgan fingerprint density at radius 1 is 1.53 bits per heavy atom. The number of halogens is 3. The van der Waals surface area contributed by atoms with Crippen molar-refractivity contribution < 1.29 is 9.13 Å². The summed E-state index contributed by atoms with van der Waals surface area (Å²) in [5.41, 5.74) is 7.00. The first kappa shape index (κ1) is 14.1. The van der Waals surface area contributed by atoms with E-state index in [2.05, 4.69) is 21.0 Å². The van der Waals surface area contributed by atoms with E-state index in [1.54, 1.807) is 11.6 Å². The largest absolute Gasteiger partial charge is 0.436 e. The number of nitrogen functional groups attached to an aromatic ring is 1. The van der Waals surface area contributed by atoms with Gasteiger partial charge in [-0.3, -0.25) is 0 Å². The van der Waals surface area contributed by atoms with Crippen LogP contribution < -0.4 is 10.5 Å². The number of nitrogens with two attached hydrogens (primary N) is 1. The molecule has 0 atom stereocenters. The lowest BCUT2D eigenvalue weighted by molar-refractivity contribution is 0.413. The molecule has 0 saturated heterocycles. The van der Waals surface area contributed by atoms with E-state index >= 15 is 0 Å². The zero-order chi connectivity index (χ0) is 14.2. The Morgan fingerprint density at radius 3 is 2.84 bits per heavy atom. The first-order valence-electron chi connectivity index (χ1n) is 5.59. The maximum atomic E-state index is 13.5. The van der Waals surface area contributed by atoms with Gasteiger partial charge in [0.2, 0.25) is 5.88 Å². The van der Waals surface area contributed by atoms with Crippen LogP contribution in [0.25, 0.3) is 0 Å². The van der Waals surface area contributed by atoms with Gasteiger partial charge in [0.15, 0.2) is 0 Å². The Balaban J connectivity index is 2.44. The number of benzene rings is 1. The SMILES string of the molecule is CCn1nc(C)c(N)c1Oc1cc(F)c(Cl)cc1Br. The van der Waals surface area contributed by atoms with Gasteiger partial charge in [-0.05, 0) is 35.8 Å². The van der Waals surface area contributed by atoms with Crippen molar-refractivity contribution in [3.05, 3.63) is 33.1 Å². The zero-order valence-corrected chi connectivity index (χ0v) is 12.7. The summed E-state index contributed by atoms with van der Waals surface area (Å²) in [7, 11) is 0. The highest BCUT2D eigenvalue weighted by Gasteiger charge is 2.16. The average Bonchev–Trinajstić information content (AvgIpc) is 2.63. The monoisotopic (exact) mass is 347 g/mol. The molecule has 0 aliphatic rings. The maximum Gasteiger partial charge on any atom is 0.241 e. The van der Waals surface area contributed by atoms with Crippen LogP contribution in [0.5, 0.6) is 11.6 Å². The molecule has 2 N–H and O–H groups in total. The number of aromatic nitrogens is 2. The normalized spacial score (nSPS) is 10.8. The van der Waals surface area contributed by atoms with Gasteiger partial charge in [0, 0.05) is 12.6 Å². The van der Waals surface area contributed by atoms with Gasteiger partial charge in [-0.1, -0.05) is 11.6 Å². The fourth-order valence-corrected chi connectivity index (χ4v) is 2.30. The number of hydrogen-bond donors (Lipinski definition) is 1. The van der Waals surface area contributed by atoms with E-state index in [0.29, 0.717) is 34.0 Å². The van der Waals surface area contributed by atoms with Gasteiger partial charge in [0.1, 0.15) is 17.3 Å². The van der Waals surface area contributed by atoms with Crippen LogP contribution in [0.3, 0.4) is 0 Å². The average molecular weight is 349 g/mol. The molecule has 0 spiro atoms. The van der Waals surface area contributed by atoms with Crippen molar-refractivity contribution in [1.82, 2.24) is 9.78 Å². The third-order valence-corrected chi connectivity index (χ3v) is 3.52. The molecule has 1 aromatic heterocycles. The molecule has 102 valence electrons. The maximum absolute atomic E-state index is 13.5. The van der Waals surface area contributed by atoms with Gasteiger partial charge >= 0.3 is 0 Å². The van der Waals surface area contributed by atoms with Crippen LogP contribution in [0.4, 0.5) is 10.1 Å². The van der Waals surface area contributed by atoms with Gasteiger partial charge in [-0.25, -0.2) is 9.07 Å². The van der Waals surface area contributed by atoms with Crippen molar-refractivity contribution in [3.63, 3.8) is 0 Å². The van der Waals surface area contributed by atoms with Crippen molar-refractivity contribution in [3.8, 4) is 11.6 Å². The molecule has 0 fully saturated rings. The summed E-state index contributed by atoms with van der Waals surface area (Å²) >= 11 is 8.95. The molecule has 4 nitrogen and oxygen atoms in total. The molecule has 0 amide bonds. The summed E-state index contributed by atoms with van der Waals surface area (Å²) in [6.45, 7) is 4.29. The van der Waals surface area contributed by atoms with Crippen molar-refractivity contribution >= 4 is 33.2 Å². The second kappa shape index (κ2) is 5.38. The molecular formula is C12H12BrClFN3O. The minimum Gasteiger partial charge on any atom is -0.436 e. The van der Waals surface area contributed by atoms with E-state index in [-0.39, 0.29) is 5.02 Å². The van der Waals surface area contributed by atoms with Crippen LogP contribution in [-0.2, 0) is 6.54 Å². The molecule has 1 heterocycles. The van der Waals surface area contributed by atoms with E-state index in [4.69, 9.17) is 22.1 Å². The number of aryl methyl sites for hydroxylation is 2. The number of hydrogen-bond acceptors (Lipinski definition) is 3. The van der Waals surface area contributed by atoms with Crippen LogP contribution in [0.15, 0.2) is 16.6 Å². The summed E-state index contributed by atoms with van der Waals surface area (Å²) in [6, 6.07) is 2.64. The van der Waals surface area contributed by atoms with Gasteiger partial charge in [0.25, 0.3) is 0 Å². The van der Waals surface area contributed by atoms with Gasteiger partial charge in [-0.15, -0.1) is 0 Å². The molecule has 0 bridgehead atoms. The second-order valence-electron chi connectivity index (χ2n) is 3.92. The van der Waals surface area contributed by atoms with E-state index < -0.39 is 5.82 Å². The Hall–Kier alpha value is -1.27. The summed E-state index contributed by atoms with van der Waals surface area (Å²) < 4.78 is 21.3. The summed E-state index contributed by atoms with van der Waals surface area (Å²) in [4.78, 5) is 0. The quantitative estimate of drug-likeness (QED) is 0.848. The molecule has 0 aliphatic carbocycles. The number of nitrogens with zero attached hydrogens (tertiary/aromatic N) is 2. The zero-order valence-electron chi connectivity index (χ0n) is 10.4. The van der Waals surface area contributed by atoms with Crippen molar-refractivity contribution in [2.45, 2.75) is 20.4 Å². The lowest BCUT2D eigenvalue weighted by Gasteiger charge is -2.10. The summed E-state index contributed by atoms with van der Waals surface area (Å²) in [5.74, 6) is 0.128. The third kappa shape index (κ3) is 2.69. The molecule has 0 saturated carbocycles. The Morgan fingerprint density at radius 2 is 2.21 bits per heavy atom. The van der Waals surface area contributed by atoms with E-state index in [1.165, 1.54) is 12.1 Å². The Bertz CT molecular complexity index is 630. The minimum absolute atomic E-state index is 0.0207. The summed E-state index contributed by atoms with van der Waals surface area (Å²) in [6.07, 6.45) is 0. The lowest BCUT2D eigenvalue weighted by Crippen LogP contribution is -2.01. The predicted molar refractivity (Wildman–Crippen MR) is 76.2 cm³/mol. The van der Waals surface area contributed by atoms with E-state index in [9.17, 15) is 4.39 Å². The fraction of sp³-hybridized carbons (Fsp3) is 0.250. The highest BCUT2D eigenvalue weighted by atomic mass is 79.9. The van der Waals surface area contributed by atoms with Crippen LogP contribution >= 0.6 is 27.5 Å². The third-order valence-electron chi connectivity index (χ3n) is 2.61. The number of anilines is 1. The van der Waals surface area contributed by atoms with Crippen molar-refractivity contribution in [2.75, 3.05) is 5.73 Å². The van der Waals surface area contributed by atoms with Crippen LogP contribution in [0.2, 0.25) is 5.02 Å². The minimum atomic E-state index is -0.558. The van der Waals surface area contributed by atoms with Crippen LogP contribution in [0.1, 0.15) is 12.6 Å². The first-order chi connectivity index (χ1) is 8.93. The highest BCUT2D eigenvalue weighted by Crippen LogP contribution is 2.36. The van der Waals surface area contributed by atoms with Crippen molar-refractivity contribution in [1.29, 1.82) is 0 Å². The standard InChI is InChI=1S/C12H12BrClFN3O/c1-3-18-12(11(16)6(2)17-18)19-10-5-9(15)8(14)4-7(10)13/h4-5H,3,16H2,1-2H3. The molecule has 0 radical (unpaired) electrons. The molecule has 2 aromatic rings. The van der Waals surface area contributed by atoms with Gasteiger partial charge < -0.3 is 10.5 Å². The molecule has 7 heteroatoms. The number of rotatable bonds is 3. The summed E-state index contributed by atoms with van der Waals surface area (Å²) in [5, 5.41) is 4.25. The molecule has 0 aliphatic heterocycles. The topological polar surface area (TPSA) is 53.1 Å². The lowest BCUT2D eigenvalue weighted by atomic mass is 10.3. The van der Waals surface area contributed by atoms with Gasteiger partial charge in [-0.2, -0.15) is 5.10 Å². The van der Waals surface area contributed by atoms with E-state index in [1.807, 2.05) is 6.92 Å². The van der Waals surface area contributed by atoms with Crippen LogP contribution in [-0.4, -0.2) is 9.78 Å². The smallest absolute Gasteiger partial charge is 0.241 e. The Kier molecular flexibility index (Phi) is 4.01. The van der Waals surface area contributed by atoms with E-state index in [0.717, 1.165) is 0 Å².